The summed E-state index contributed by atoms with van der Waals surface area (Å²) in [5, 5.41) is 11.5. The number of rotatable bonds is 4. The lowest BCUT2D eigenvalue weighted by Crippen LogP contribution is -2.34. The van der Waals surface area contributed by atoms with Gasteiger partial charge in [0.2, 0.25) is 0 Å². The highest BCUT2D eigenvalue weighted by Gasteiger charge is 2.23. The number of carboxylic acids is 1. The Hall–Kier alpha value is -1.17. The van der Waals surface area contributed by atoms with Crippen LogP contribution in [0, 0.1) is 17.6 Å². The van der Waals surface area contributed by atoms with Gasteiger partial charge in [-0.3, -0.25) is 0 Å². The van der Waals surface area contributed by atoms with Crippen molar-refractivity contribution in [1.29, 1.82) is 0 Å². The first-order chi connectivity index (χ1) is 7.82. The summed E-state index contributed by atoms with van der Waals surface area (Å²) in [5.74, 6) is -2.88. The zero-order valence-electron chi connectivity index (χ0n) is 9.30. The number of hydrogen-bond acceptors (Lipinski definition) is 2. The summed E-state index contributed by atoms with van der Waals surface area (Å²) < 4.78 is 26.5. The van der Waals surface area contributed by atoms with Gasteiger partial charge in [0.25, 0.3) is 0 Å². The van der Waals surface area contributed by atoms with Gasteiger partial charge in [0.05, 0.1) is 5.69 Å². The first-order valence-corrected chi connectivity index (χ1v) is 5.76. The van der Waals surface area contributed by atoms with Crippen LogP contribution in [0.1, 0.15) is 13.8 Å². The van der Waals surface area contributed by atoms with Gasteiger partial charge >= 0.3 is 5.97 Å². The zero-order valence-corrected chi connectivity index (χ0v) is 10.9. The average molecular weight is 308 g/mol. The lowest BCUT2D eigenvalue weighted by molar-refractivity contribution is -0.138. The molecule has 0 aliphatic rings. The van der Waals surface area contributed by atoms with Crippen molar-refractivity contribution in [2.24, 2.45) is 5.92 Å². The molecule has 0 amide bonds. The molecule has 0 saturated carbocycles. The van der Waals surface area contributed by atoms with Crippen LogP contribution in [0.3, 0.4) is 0 Å². The summed E-state index contributed by atoms with van der Waals surface area (Å²) in [6, 6.07) is 0.836. The third kappa shape index (κ3) is 3.39. The molecule has 0 fully saturated rings. The minimum Gasteiger partial charge on any atom is -0.480 e. The van der Waals surface area contributed by atoms with E-state index < -0.39 is 23.6 Å². The van der Waals surface area contributed by atoms with Gasteiger partial charge in [-0.05, 0) is 27.9 Å². The SMILES string of the molecule is CC(C)C(Nc1c(F)cc(F)cc1Br)C(=O)O. The average Bonchev–Trinajstić information content (AvgIpc) is 2.14. The molecular formula is C11H12BrF2NO2. The lowest BCUT2D eigenvalue weighted by atomic mass is 10.0. The molecule has 0 radical (unpaired) electrons. The molecule has 2 N–H and O–H groups in total. The molecule has 0 aliphatic heterocycles. The molecule has 1 aromatic carbocycles. The Morgan fingerprint density at radius 3 is 2.41 bits per heavy atom. The molecule has 0 heterocycles. The Bertz CT molecular complexity index is 414. The van der Waals surface area contributed by atoms with E-state index in [1.165, 1.54) is 0 Å². The van der Waals surface area contributed by atoms with E-state index in [0.717, 1.165) is 6.07 Å². The minimum atomic E-state index is -1.09. The maximum Gasteiger partial charge on any atom is 0.326 e. The van der Waals surface area contributed by atoms with Crippen LogP contribution in [0.5, 0.6) is 0 Å². The highest BCUT2D eigenvalue weighted by molar-refractivity contribution is 9.10. The molecule has 0 aliphatic carbocycles. The van der Waals surface area contributed by atoms with Gasteiger partial charge in [0.1, 0.15) is 17.7 Å². The summed E-state index contributed by atoms with van der Waals surface area (Å²) in [4.78, 5) is 11.0. The Morgan fingerprint density at radius 2 is 2.00 bits per heavy atom. The van der Waals surface area contributed by atoms with E-state index in [0.29, 0.717) is 6.07 Å². The van der Waals surface area contributed by atoms with Gasteiger partial charge in [-0.15, -0.1) is 0 Å². The van der Waals surface area contributed by atoms with E-state index in [1.807, 2.05) is 0 Å². The van der Waals surface area contributed by atoms with Gasteiger partial charge in [0.15, 0.2) is 0 Å². The number of halogens is 3. The summed E-state index contributed by atoms with van der Waals surface area (Å²) in [7, 11) is 0. The summed E-state index contributed by atoms with van der Waals surface area (Å²) >= 11 is 2.99. The maximum atomic E-state index is 13.5. The van der Waals surface area contributed by atoms with Crippen molar-refractivity contribution < 1.29 is 18.7 Å². The van der Waals surface area contributed by atoms with Crippen molar-refractivity contribution in [3.63, 3.8) is 0 Å². The Balaban J connectivity index is 3.05. The van der Waals surface area contributed by atoms with Crippen LogP contribution in [-0.4, -0.2) is 17.1 Å². The van der Waals surface area contributed by atoms with Gasteiger partial charge < -0.3 is 10.4 Å². The van der Waals surface area contributed by atoms with Gasteiger partial charge in [0, 0.05) is 10.5 Å². The van der Waals surface area contributed by atoms with Crippen LogP contribution >= 0.6 is 15.9 Å². The molecule has 1 unspecified atom stereocenters. The first-order valence-electron chi connectivity index (χ1n) is 4.96. The van der Waals surface area contributed by atoms with Crippen molar-refractivity contribution in [2.75, 3.05) is 5.32 Å². The van der Waals surface area contributed by atoms with E-state index in [1.54, 1.807) is 13.8 Å². The fraction of sp³-hybridized carbons (Fsp3) is 0.364. The zero-order chi connectivity index (χ0) is 13.2. The van der Waals surface area contributed by atoms with E-state index in [-0.39, 0.29) is 16.1 Å². The first kappa shape index (κ1) is 13.9. The molecule has 3 nitrogen and oxygen atoms in total. The van der Waals surface area contributed by atoms with E-state index >= 15 is 0 Å². The molecule has 1 atom stereocenters. The predicted molar refractivity (Wildman–Crippen MR) is 63.9 cm³/mol. The number of hydrogen-bond donors (Lipinski definition) is 2. The van der Waals surface area contributed by atoms with Crippen LogP contribution in [0.2, 0.25) is 0 Å². The number of carbonyl (C=O) groups is 1. The van der Waals surface area contributed by atoms with Crippen LogP contribution in [0.15, 0.2) is 16.6 Å². The molecule has 94 valence electrons. The molecular weight excluding hydrogens is 296 g/mol. The molecule has 0 saturated heterocycles. The monoisotopic (exact) mass is 307 g/mol. The van der Waals surface area contributed by atoms with Crippen LogP contribution < -0.4 is 5.32 Å². The van der Waals surface area contributed by atoms with Gasteiger partial charge in [-0.2, -0.15) is 0 Å². The fourth-order valence-corrected chi connectivity index (χ4v) is 1.87. The van der Waals surface area contributed by atoms with Crippen LogP contribution in [0.25, 0.3) is 0 Å². The maximum absolute atomic E-state index is 13.5. The topological polar surface area (TPSA) is 49.3 Å². The van der Waals surface area contributed by atoms with Gasteiger partial charge in [-0.1, -0.05) is 13.8 Å². The minimum absolute atomic E-state index is 0.0486. The lowest BCUT2D eigenvalue weighted by Gasteiger charge is -2.20. The van der Waals surface area contributed by atoms with E-state index in [4.69, 9.17) is 5.11 Å². The highest BCUT2D eigenvalue weighted by atomic mass is 79.9. The Labute approximate surface area is 106 Å². The number of carboxylic acid groups (broad SMARTS) is 1. The van der Waals surface area contributed by atoms with Gasteiger partial charge in [-0.25, -0.2) is 13.6 Å². The number of nitrogens with one attached hydrogen (secondary N) is 1. The van der Waals surface area contributed by atoms with E-state index in [2.05, 4.69) is 21.2 Å². The van der Waals surface area contributed by atoms with Crippen molar-refractivity contribution in [2.45, 2.75) is 19.9 Å². The number of anilines is 1. The van der Waals surface area contributed by atoms with Crippen LogP contribution in [0.4, 0.5) is 14.5 Å². The quantitative estimate of drug-likeness (QED) is 0.897. The molecule has 0 spiro atoms. The van der Waals surface area contributed by atoms with Crippen LogP contribution in [-0.2, 0) is 4.79 Å². The van der Waals surface area contributed by atoms with Crippen molar-refractivity contribution in [1.82, 2.24) is 0 Å². The van der Waals surface area contributed by atoms with Crippen molar-refractivity contribution >= 4 is 27.6 Å². The second-order valence-corrected chi connectivity index (χ2v) is 4.80. The smallest absolute Gasteiger partial charge is 0.326 e. The second kappa shape index (κ2) is 5.44. The third-order valence-electron chi connectivity index (χ3n) is 2.24. The second-order valence-electron chi connectivity index (χ2n) is 3.95. The largest absolute Gasteiger partial charge is 0.480 e. The van der Waals surface area contributed by atoms with Crippen molar-refractivity contribution in [3.8, 4) is 0 Å². The molecule has 1 rings (SSSR count). The third-order valence-corrected chi connectivity index (χ3v) is 2.86. The standard InChI is InChI=1S/C11H12BrF2NO2/c1-5(2)9(11(16)17)15-10-7(12)3-6(13)4-8(10)14/h3-5,9,15H,1-2H3,(H,16,17). The summed E-state index contributed by atoms with van der Waals surface area (Å²) in [6.45, 7) is 3.39. The van der Waals surface area contributed by atoms with Crippen molar-refractivity contribution in [3.05, 3.63) is 28.2 Å². The summed E-state index contributed by atoms with van der Waals surface area (Å²) in [5.41, 5.74) is -0.0486. The summed E-state index contributed by atoms with van der Waals surface area (Å²) in [6.07, 6.45) is 0. The molecule has 17 heavy (non-hydrogen) atoms. The number of aliphatic carboxylic acids is 1. The normalized spacial score (nSPS) is 12.6. The highest BCUT2D eigenvalue weighted by Crippen LogP contribution is 2.28. The van der Waals surface area contributed by atoms with E-state index in [9.17, 15) is 13.6 Å². The molecule has 1 aromatic rings. The fourth-order valence-electron chi connectivity index (χ4n) is 1.35. The molecule has 6 heteroatoms. The number of benzene rings is 1. The Kier molecular flexibility index (Phi) is 4.45. The predicted octanol–water partition coefficient (Wildman–Crippen LogP) is 3.25. The molecule has 0 bridgehead atoms. The molecule has 0 aromatic heterocycles. The Morgan fingerprint density at radius 1 is 1.41 bits per heavy atom.